The number of nitrogens with zero attached hydrogens (tertiary/aromatic N) is 2. The quantitative estimate of drug-likeness (QED) is 0.598. The van der Waals surface area contributed by atoms with Crippen LogP contribution in [0.2, 0.25) is 0 Å². The number of aryl methyl sites for hydroxylation is 1. The number of carbonyl (C=O) groups excluding carboxylic acids is 1. The highest BCUT2D eigenvalue weighted by molar-refractivity contribution is 5.69. The topological polar surface area (TPSA) is 33.4 Å². The summed E-state index contributed by atoms with van der Waals surface area (Å²) in [5, 5.41) is 0. The van der Waals surface area contributed by atoms with E-state index in [9.17, 15) is 4.79 Å². The van der Waals surface area contributed by atoms with Crippen molar-refractivity contribution in [2.75, 3.05) is 14.1 Å². The summed E-state index contributed by atoms with van der Waals surface area (Å²) in [7, 11) is 3.09. The number of carbonyl (C=O) groups is 1. The van der Waals surface area contributed by atoms with Crippen molar-refractivity contribution in [1.29, 1.82) is 0 Å². The van der Waals surface area contributed by atoms with Crippen LogP contribution in [0.25, 0.3) is 0 Å². The molecule has 1 aromatic heterocycles. The molecular formula is C9H13N2O2+. The molecule has 0 spiro atoms. The lowest BCUT2D eigenvalue weighted by molar-refractivity contribution is -0.671. The molecule has 1 aromatic rings. The fraction of sp³-hybridized carbons (Fsp3) is 0.333. The number of ether oxygens (including phenoxy) is 1. The van der Waals surface area contributed by atoms with Gasteiger partial charge in [0.2, 0.25) is 6.20 Å². The minimum absolute atomic E-state index is 0.192. The molecule has 0 saturated carbocycles. The summed E-state index contributed by atoms with van der Waals surface area (Å²) in [5.41, 5.74) is 0. The van der Waals surface area contributed by atoms with Gasteiger partial charge in [-0.05, 0) is 6.07 Å². The third-order valence-electron chi connectivity index (χ3n) is 1.34. The highest BCUT2D eigenvalue weighted by atomic mass is 16.6. The molecule has 0 aliphatic carbocycles. The van der Waals surface area contributed by atoms with Crippen LogP contribution in [0.1, 0.15) is 4.11 Å². The number of aromatic nitrogens is 1. The van der Waals surface area contributed by atoms with E-state index < -0.39 is 13.1 Å². The number of pyridine rings is 1. The van der Waals surface area contributed by atoms with Gasteiger partial charge in [0.15, 0.2) is 11.9 Å². The third kappa shape index (κ3) is 2.74. The molecular weight excluding hydrogens is 168 g/mol. The molecule has 0 fully saturated rings. The van der Waals surface area contributed by atoms with E-state index in [1.54, 1.807) is 14.1 Å². The monoisotopic (exact) mass is 184 g/mol. The van der Waals surface area contributed by atoms with E-state index in [0.29, 0.717) is 0 Å². The molecule has 0 radical (unpaired) electrons. The van der Waals surface area contributed by atoms with Gasteiger partial charge in [-0.2, -0.15) is 0 Å². The molecule has 1 heterocycles. The second-order valence-electron chi connectivity index (χ2n) is 2.71. The first-order valence-electron chi connectivity index (χ1n) is 5.21. The molecule has 13 heavy (non-hydrogen) atoms. The van der Waals surface area contributed by atoms with Gasteiger partial charge in [-0.25, -0.2) is 9.36 Å². The lowest BCUT2D eigenvalue weighted by Crippen LogP contribution is -2.29. The Labute approximate surface area is 81.6 Å². The lowest BCUT2D eigenvalue weighted by atomic mass is 10.4. The average Bonchev–Trinajstić information content (AvgIpc) is 2.16. The molecule has 0 aliphatic rings. The molecule has 0 N–H and O–H groups in total. The molecule has 0 saturated heterocycles. The molecule has 0 bridgehead atoms. The van der Waals surface area contributed by atoms with E-state index >= 15 is 0 Å². The Kier molecular flexibility index (Phi) is 1.78. The molecule has 1 rings (SSSR count). The predicted molar refractivity (Wildman–Crippen MR) is 47.3 cm³/mol. The predicted octanol–water partition coefficient (Wildman–Crippen LogP) is 0.572. The van der Waals surface area contributed by atoms with E-state index in [4.69, 9.17) is 8.85 Å². The number of amides is 1. The molecule has 0 unspecified atom stereocenters. The van der Waals surface area contributed by atoms with Crippen LogP contribution in [0.3, 0.4) is 0 Å². The van der Waals surface area contributed by atoms with E-state index in [0.717, 1.165) is 4.57 Å². The highest BCUT2D eigenvalue weighted by Crippen LogP contribution is 2.05. The van der Waals surface area contributed by atoms with Gasteiger partial charge in [0.1, 0.15) is 11.1 Å². The minimum atomic E-state index is -2.28. The summed E-state index contributed by atoms with van der Waals surface area (Å²) in [6.45, 7) is -2.28. The molecule has 0 aromatic carbocycles. The third-order valence-corrected chi connectivity index (χ3v) is 1.34. The zero-order valence-corrected chi connectivity index (χ0v) is 7.52. The summed E-state index contributed by atoms with van der Waals surface area (Å²) in [6, 6.07) is 3.02. The highest BCUT2D eigenvalue weighted by Gasteiger charge is 2.08. The van der Waals surface area contributed by atoms with Crippen LogP contribution in [0.5, 0.6) is 5.75 Å². The summed E-state index contributed by atoms with van der Waals surface area (Å²) in [4.78, 5) is 12.5. The van der Waals surface area contributed by atoms with Gasteiger partial charge in [-0.15, -0.1) is 0 Å². The number of hydrogen-bond acceptors (Lipinski definition) is 2. The Bertz CT molecular complexity index is 391. The van der Waals surface area contributed by atoms with Gasteiger partial charge in [-0.1, -0.05) is 0 Å². The first-order valence-corrected chi connectivity index (χ1v) is 3.71. The zero-order valence-electron chi connectivity index (χ0n) is 10.5. The first kappa shape index (κ1) is 5.96. The fourth-order valence-corrected chi connectivity index (χ4v) is 0.706. The second kappa shape index (κ2) is 3.89. The van der Waals surface area contributed by atoms with Crippen LogP contribution in [-0.2, 0) is 6.98 Å². The average molecular weight is 184 g/mol. The van der Waals surface area contributed by atoms with Crippen molar-refractivity contribution < 1.29 is 18.2 Å². The van der Waals surface area contributed by atoms with Crippen molar-refractivity contribution in [2.24, 2.45) is 6.98 Å². The summed E-state index contributed by atoms with van der Waals surface area (Å²) < 4.78 is 27.5. The molecule has 0 aliphatic heterocycles. The summed E-state index contributed by atoms with van der Waals surface area (Å²) in [6.07, 6.45) is 2.09. The Morgan fingerprint density at radius 1 is 1.69 bits per heavy atom. The largest absolute Gasteiger partial charge is 0.414 e. The van der Waals surface area contributed by atoms with Gasteiger partial charge < -0.3 is 9.64 Å². The van der Waals surface area contributed by atoms with E-state index in [-0.39, 0.29) is 5.75 Å². The SMILES string of the molecule is [2H]C([2H])([2H])[n+]1cccc(OC(=O)N(C)C)c1. The molecule has 1 amide bonds. The Morgan fingerprint density at radius 3 is 3.08 bits per heavy atom. The molecule has 4 nitrogen and oxygen atoms in total. The van der Waals surface area contributed by atoms with Crippen LogP contribution in [0, 0.1) is 0 Å². The molecule has 4 heteroatoms. The zero-order chi connectivity index (χ0) is 12.3. The van der Waals surface area contributed by atoms with Crippen molar-refractivity contribution in [3.8, 4) is 5.75 Å². The second-order valence-corrected chi connectivity index (χ2v) is 2.71. The molecule has 0 atom stereocenters. The standard InChI is InChI=1S/C9H13N2O2/c1-10(2)9(12)13-8-5-4-6-11(3)7-8/h4-7H,1-3H3/q+1/i3D3. The first-order chi connectivity index (χ1) is 7.30. The van der Waals surface area contributed by atoms with E-state index in [2.05, 4.69) is 0 Å². The maximum absolute atomic E-state index is 11.2. The smallest absolute Gasteiger partial charge is 0.404 e. The number of rotatable bonds is 1. The number of hydrogen-bond donors (Lipinski definition) is 0. The van der Waals surface area contributed by atoms with Crippen LogP contribution in [-0.4, -0.2) is 25.1 Å². The van der Waals surface area contributed by atoms with E-state index in [1.165, 1.54) is 29.4 Å². The van der Waals surface area contributed by atoms with Crippen LogP contribution < -0.4 is 9.30 Å². The Morgan fingerprint density at radius 2 is 2.46 bits per heavy atom. The van der Waals surface area contributed by atoms with Crippen molar-refractivity contribution in [3.05, 3.63) is 24.5 Å². The summed E-state index contributed by atoms with van der Waals surface area (Å²) in [5.74, 6) is 0.192. The van der Waals surface area contributed by atoms with Gasteiger partial charge >= 0.3 is 6.09 Å². The fourth-order valence-electron chi connectivity index (χ4n) is 0.706. The maximum atomic E-state index is 11.2. The van der Waals surface area contributed by atoms with Crippen LogP contribution >= 0.6 is 0 Å². The van der Waals surface area contributed by atoms with Crippen molar-refractivity contribution >= 4 is 6.09 Å². The van der Waals surface area contributed by atoms with Crippen LogP contribution in [0.4, 0.5) is 4.79 Å². The molecule has 70 valence electrons. The minimum Gasteiger partial charge on any atom is -0.404 e. The van der Waals surface area contributed by atoms with Gasteiger partial charge in [0.05, 0.1) is 0 Å². The van der Waals surface area contributed by atoms with Crippen LogP contribution in [0.15, 0.2) is 24.5 Å². The van der Waals surface area contributed by atoms with Crippen molar-refractivity contribution in [1.82, 2.24) is 4.90 Å². The summed E-state index contributed by atoms with van der Waals surface area (Å²) >= 11 is 0. The van der Waals surface area contributed by atoms with E-state index in [1.807, 2.05) is 0 Å². The Balaban J connectivity index is 2.88. The Hall–Kier alpha value is -1.58. The van der Waals surface area contributed by atoms with Gasteiger partial charge in [0.25, 0.3) is 0 Å². The van der Waals surface area contributed by atoms with Crippen molar-refractivity contribution in [3.63, 3.8) is 0 Å². The maximum Gasteiger partial charge on any atom is 0.414 e. The van der Waals surface area contributed by atoms with Gasteiger partial charge in [-0.3, -0.25) is 0 Å². The van der Waals surface area contributed by atoms with Gasteiger partial charge in [0, 0.05) is 20.2 Å². The van der Waals surface area contributed by atoms with Crippen molar-refractivity contribution in [2.45, 2.75) is 0 Å². The lowest BCUT2D eigenvalue weighted by Gasteiger charge is -2.09. The normalized spacial score (nSPS) is 13.8.